The van der Waals surface area contributed by atoms with Crippen LogP contribution in [0.15, 0.2) is 24.3 Å². The second-order valence-electron chi connectivity index (χ2n) is 4.39. The van der Waals surface area contributed by atoms with Gasteiger partial charge in [-0.3, -0.25) is 10.1 Å². The van der Waals surface area contributed by atoms with Gasteiger partial charge >= 0.3 is 0 Å². The van der Waals surface area contributed by atoms with E-state index in [-0.39, 0.29) is 0 Å². The van der Waals surface area contributed by atoms with Gasteiger partial charge in [0.15, 0.2) is 0 Å². The number of hydrogen-bond donors (Lipinski definition) is 2. The third-order valence-electron chi connectivity index (χ3n) is 2.98. The average molecular weight is 239 g/mol. The molecule has 4 heteroatoms. The molecule has 86 valence electrons. The van der Waals surface area contributed by atoms with Crippen molar-refractivity contribution in [3.05, 3.63) is 34.9 Å². The van der Waals surface area contributed by atoms with Crippen molar-refractivity contribution in [3.8, 4) is 0 Å². The number of halogens is 1. The zero-order chi connectivity index (χ0) is 11.8. The molecule has 0 heterocycles. The number of nitrogens with one attached hydrogen (secondary N) is 1. The number of carbonyl (C=O) groups is 1. The fourth-order valence-corrected chi connectivity index (χ4v) is 2.11. The minimum Gasteiger partial charge on any atom is -0.368 e. The molecule has 0 saturated heterocycles. The van der Waals surface area contributed by atoms with E-state index in [0.717, 1.165) is 18.4 Å². The summed E-state index contributed by atoms with van der Waals surface area (Å²) >= 11 is 6.11. The number of carbonyl (C=O) groups excluding carboxylic acids is 1. The van der Waals surface area contributed by atoms with Gasteiger partial charge < -0.3 is 5.73 Å². The topological polar surface area (TPSA) is 55.1 Å². The molecule has 1 amide bonds. The molecule has 1 aliphatic carbocycles. The highest BCUT2D eigenvalue weighted by Crippen LogP contribution is 2.32. The summed E-state index contributed by atoms with van der Waals surface area (Å²) in [6, 6.07) is 7.69. The molecule has 1 unspecified atom stereocenters. The summed E-state index contributed by atoms with van der Waals surface area (Å²) in [7, 11) is 0. The lowest BCUT2D eigenvalue weighted by Gasteiger charge is -2.29. The monoisotopic (exact) mass is 238 g/mol. The minimum absolute atomic E-state index is 0.383. The van der Waals surface area contributed by atoms with Crippen LogP contribution in [0.5, 0.6) is 0 Å². The van der Waals surface area contributed by atoms with Crippen LogP contribution in [-0.4, -0.2) is 11.9 Å². The Morgan fingerprint density at radius 1 is 1.50 bits per heavy atom. The number of primary amides is 1. The van der Waals surface area contributed by atoms with Crippen LogP contribution in [0.3, 0.4) is 0 Å². The quantitative estimate of drug-likeness (QED) is 0.841. The van der Waals surface area contributed by atoms with Gasteiger partial charge in [-0.1, -0.05) is 29.8 Å². The molecule has 0 spiro atoms. The zero-order valence-electron chi connectivity index (χ0n) is 9.16. The molecule has 1 aliphatic rings. The Balaban J connectivity index is 2.38. The number of rotatable bonds is 4. The SMILES string of the molecule is CC(NC1CC1)(C(N)=O)c1ccccc1Cl. The Kier molecular flexibility index (Phi) is 2.91. The molecule has 0 bridgehead atoms. The van der Waals surface area contributed by atoms with Crippen LogP contribution >= 0.6 is 11.6 Å². The number of hydrogen-bond acceptors (Lipinski definition) is 2. The van der Waals surface area contributed by atoms with Crippen molar-refractivity contribution < 1.29 is 4.79 Å². The van der Waals surface area contributed by atoms with E-state index in [4.69, 9.17) is 17.3 Å². The van der Waals surface area contributed by atoms with Gasteiger partial charge in [-0.15, -0.1) is 0 Å². The first-order valence-corrected chi connectivity index (χ1v) is 5.74. The first kappa shape index (κ1) is 11.4. The smallest absolute Gasteiger partial charge is 0.242 e. The third-order valence-corrected chi connectivity index (χ3v) is 3.31. The van der Waals surface area contributed by atoms with E-state index < -0.39 is 11.4 Å². The molecular formula is C12H15ClN2O. The van der Waals surface area contributed by atoms with Crippen LogP contribution < -0.4 is 11.1 Å². The number of nitrogens with two attached hydrogens (primary N) is 1. The molecule has 3 N–H and O–H groups in total. The summed E-state index contributed by atoms with van der Waals surface area (Å²) in [5.41, 5.74) is 5.36. The van der Waals surface area contributed by atoms with Crippen molar-refractivity contribution >= 4 is 17.5 Å². The summed E-state index contributed by atoms with van der Waals surface area (Å²) in [5.74, 6) is -0.396. The van der Waals surface area contributed by atoms with E-state index in [9.17, 15) is 4.79 Å². The molecule has 1 aromatic carbocycles. The van der Waals surface area contributed by atoms with Crippen LogP contribution in [0.1, 0.15) is 25.3 Å². The van der Waals surface area contributed by atoms with Gasteiger partial charge in [0, 0.05) is 11.1 Å². The Labute approximate surface area is 100.0 Å². The third kappa shape index (κ3) is 2.06. The van der Waals surface area contributed by atoms with Crippen LogP contribution in [0.2, 0.25) is 5.02 Å². The van der Waals surface area contributed by atoms with Gasteiger partial charge in [0.25, 0.3) is 0 Å². The van der Waals surface area contributed by atoms with E-state index >= 15 is 0 Å². The minimum atomic E-state index is -0.875. The van der Waals surface area contributed by atoms with E-state index in [1.165, 1.54) is 0 Å². The summed E-state index contributed by atoms with van der Waals surface area (Å²) < 4.78 is 0. The van der Waals surface area contributed by atoms with E-state index in [2.05, 4.69) is 5.32 Å². The molecule has 1 atom stereocenters. The highest BCUT2D eigenvalue weighted by atomic mass is 35.5. The van der Waals surface area contributed by atoms with Crippen molar-refractivity contribution in [3.63, 3.8) is 0 Å². The fourth-order valence-electron chi connectivity index (χ4n) is 1.78. The van der Waals surface area contributed by atoms with E-state index in [1.807, 2.05) is 18.2 Å². The summed E-state index contributed by atoms with van der Waals surface area (Å²) in [6.45, 7) is 1.79. The molecule has 1 saturated carbocycles. The molecular weight excluding hydrogens is 224 g/mol. The van der Waals surface area contributed by atoms with Gasteiger partial charge in [0.2, 0.25) is 5.91 Å². The summed E-state index contributed by atoms with van der Waals surface area (Å²) in [4.78, 5) is 11.6. The second kappa shape index (κ2) is 4.07. The Morgan fingerprint density at radius 2 is 2.12 bits per heavy atom. The van der Waals surface area contributed by atoms with Crippen LogP contribution in [-0.2, 0) is 10.3 Å². The normalized spacial score (nSPS) is 19.1. The molecule has 2 rings (SSSR count). The largest absolute Gasteiger partial charge is 0.368 e. The van der Waals surface area contributed by atoms with Gasteiger partial charge in [-0.25, -0.2) is 0 Å². The van der Waals surface area contributed by atoms with Gasteiger partial charge in [0.1, 0.15) is 5.54 Å². The Hall–Kier alpha value is -1.06. The maximum atomic E-state index is 11.6. The average Bonchev–Trinajstić information content (AvgIpc) is 3.01. The van der Waals surface area contributed by atoms with Gasteiger partial charge in [-0.05, 0) is 31.4 Å². The van der Waals surface area contributed by atoms with Crippen molar-refractivity contribution in [1.82, 2.24) is 5.32 Å². The summed E-state index contributed by atoms with van der Waals surface area (Å²) in [5, 5.41) is 3.83. The van der Waals surface area contributed by atoms with Crippen LogP contribution in [0.25, 0.3) is 0 Å². The van der Waals surface area contributed by atoms with Gasteiger partial charge in [-0.2, -0.15) is 0 Å². The lowest BCUT2D eigenvalue weighted by molar-refractivity contribution is -0.124. The first-order valence-electron chi connectivity index (χ1n) is 5.36. The van der Waals surface area contributed by atoms with E-state index in [1.54, 1.807) is 13.0 Å². The predicted molar refractivity (Wildman–Crippen MR) is 64.2 cm³/mol. The Bertz CT molecular complexity index is 417. The van der Waals surface area contributed by atoms with Crippen molar-refractivity contribution in [2.75, 3.05) is 0 Å². The standard InChI is InChI=1S/C12H15ClN2O/c1-12(11(14)16,15-8-6-7-8)9-4-2-3-5-10(9)13/h2-5,8,15H,6-7H2,1H3,(H2,14,16). The van der Waals surface area contributed by atoms with Crippen molar-refractivity contribution in [2.45, 2.75) is 31.3 Å². The molecule has 1 aromatic rings. The second-order valence-corrected chi connectivity index (χ2v) is 4.79. The molecule has 3 nitrogen and oxygen atoms in total. The summed E-state index contributed by atoms with van der Waals surface area (Å²) in [6.07, 6.45) is 2.18. The molecule has 16 heavy (non-hydrogen) atoms. The fraction of sp³-hybridized carbons (Fsp3) is 0.417. The van der Waals surface area contributed by atoms with Crippen LogP contribution in [0.4, 0.5) is 0 Å². The maximum Gasteiger partial charge on any atom is 0.242 e. The van der Waals surface area contributed by atoms with Crippen LogP contribution in [0, 0.1) is 0 Å². The maximum absolute atomic E-state index is 11.6. The molecule has 0 radical (unpaired) electrons. The number of amides is 1. The molecule has 0 aliphatic heterocycles. The van der Waals surface area contributed by atoms with Crippen molar-refractivity contribution in [2.24, 2.45) is 5.73 Å². The molecule has 0 aromatic heterocycles. The van der Waals surface area contributed by atoms with Gasteiger partial charge in [0.05, 0.1) is 0 Å². The lowest BCUT2D eigenvalue weighted by atomic mass is 9.91. The first-order chi connectivity index (χ1) is 7.54. The molecule has 1 fully saturated rings. The Morgan fingerprint density at radius 3 is 2.62 bits per heavy atom. The lowest BCUT2D eigenvalue weighted by Crippen LogP contribution is -2.51. The van der Waals surface area contributed by atoms with E-state index in [0.29, 0.717) is 11.1 Å². The highest BCUT2D eigenvalue weighted by molar-refractivity contribution is 6.31. The highest BCUT2D eigenvalue weighted by Gasteiger charge is 2.39. The predicted octanol–water partition coefficient (Wildman–Crippen LogP) is 1.79. The van der Waals surface area contributed by atoms with Crippen molar-refractivity contribution in [1.29, 1.82) is 0 Å². The zero-order valence-corrected chi connectivity index (χ0v) is 9.92. The number of benzene rings is 1.